The number of rotatable bonds is 5. The number of carbonyl (C=O) groups excluding carboxylic acids is 1. The summed E-state index contributed by atoms with van der Waals surface area (Å²) in [6.45, 7) is 1.96. The number of nitrogens with zero attached hydrogens (tertiary/aromatic N) is 1. The highest BCUT2D eigenvalue weighted by atomic mass is 35.5. The van der Waals surface area contributed by atoms with Crippen LogP contribution in [-0.2, 0) is 19.6 Å². The molecule has 0 spiro atoms. The number of fused-ring (bicyclic) bond motifs is 3. The fourth-order valence-electron chi connectivity index (χ4n) is 3.81. The van der Waals surface area contributed by atoms with Crippen molar-refractivity contribution >= 4 is 33.3 Å². The Balaban J connectivity index is 1.93. The first kappa shape index (κ1) is 20.4. The van der Waals surface area contributed by atoms with E-state index in [1.54, 1.807) is 31.2 Å². The van der Waals surface area contributed by atoms with Crippen LogP contribution in [0, 0.1) is 0 Å². The predicted octanol–water partition coefficient (Wildman–Crippen LogP) is 5.21. The molecule has 1 atom stereocenters. The number of hydrogen-bond acceptors (Lipinski definition) is 4. The number of hydrogen-bond donors (Lipinski definition) is 0. The topological polar surface area (TPSA) is 63.7 Å². The molecule has 154 valence electrons. The molecule has 0 amide bonds. The molecule has 3 aromatic rings. The summed E-state index contributed by atoms with van der Waals surface area (Å²) in [5, 5.41) is 0.446. The molecule has 0 N–H and O–H groups in total. The zero-order valence-electron chi connectivity index (χ0n) is 16.3. The van der Waals surface area contributed by atoms with Crippen LogP contribution in [0.15, 0.2) is 77.7 Å². The highest BCUT2D eigenvalue weighted by molar-refractivity contribution is 7.92. The molecule has 0 aromatic heterocycles. The average molecular weight is 442 g/mol. The van der Waals surface area contributed by atoms with E-state index in [0.717, 1.165) is 16.7 Å². The molecular weight excluding hydrogens is 422 g/mol. The molecule has 30 heavy (non-hydrogen) atoms. The summed E-state index contributed by atoms with van der Waals surface area (Å²) >= 11 is 5.96. The third-order valence-corrected chi connectivity index (χ3v) is 7.16. The van der Waals surface area contributed by atoms with Gasteiger partial charge in [-0.25, -0.2) is 8.42 Å². The van der Waals surface area contributed by atoms with E-state index in [0.29, 0.717) is 10.7 Å². The first-order chi connectivity index (χ1) is 14.4. The number of anilines is 1. The van der Waals surface area contributed by atoms with E-state index in [9.17, 15) is 13.2 Å². The lowest BCUT2D eigenvalue weighted by Gasteiger charge is -2.38. The van der Waals surface area contributed by atoms with Gasteiger partial charge in [0, 0.05) is 10.6 Å². The summed E-state index contributed by atoms with van der Waals surface area (Å²) in [6, 6.07) is 20.2. The van der Waals surface area contributed by atoms with E-state index >= 15 is 0 Å². The third kappa shape index (κ3) is 3.57. The Bertz CT molecular complexity index is 1190. The molecule has 0 saturated heterocycles. The van der Waals surface area contributed by atoms with Crippen LogP contribution in [0.4, 0.5) is 5.69 Å². The van der Waals surface area contributed by atoms with Crippen molar-refractivity contribution in [2.45, 2.75) is 24.3 Å². The fraction of sp³-hybridized carbons (Fsp3) is 0.174. The average Bonchev–Trinajstić information content (AvgIpc) is 2.74. The summed E-state index contributed by atoms with van der Waals surface area (Å²) in [6.07, 6.45) is -0.0913. The molecule has 0 bridgehead atoms. The molecule has 0 aliphatic carbocycles. The van der Waals surface area contributed by atoms with Crippen molar-refractivity contribution in [3.63, 3.8) is 0 Å². The van der Waals surface area contributed by atoms with E-state index in [-0.39, 0.29) is 17.9 Å². The summed E-state index contributed by atoms with van der Waals surface area (Å²) in [5.41, 5.74) is 3.00. The second-order valence-corrected chi connectivity index (χ2v) is 9.14. The molecule has 1 aliphatic rings. The number of esters is 1. The Morgan fingerprint density at radius 3 is 2.30 bits per heavy atom. The molecule has 0 saturated carbocycles. The van der Waals surface area contributed by atoms with Crippen LogP contribution >= 0.6 is 11.6 Å². The van der Waals surface area contributed by atoms with Crippen LogP contribution < -0.4 is 4.31 Å². The van der Waals surface area contributed by atoms with Gasteiger partial charge >= 0.3 is 5.97 Å². The zero-order valence-corrected chi connectivity index (χ0v) is 17.9. The van der Waals surface area contributed by atoms with Gasteiger partial charge in [0.25, 0.3) is 10.0 Å². The van der Waals surface area contributed by atoms with Crippen molar-refractivity contribution in [3.8, 4) is 11.1 Å². The van der Waals surface area contributed by atoms with Gasteiger partial charge in [-0.15, -0.1) is 0 Å². The molecule has 0 fully saturated rings. The largest absolute Gasteiger partial charge is 0.466 e. The Morgan fingerprint density at radius 2 is 1.60 bits per heavy atom. The normalized spacial score (nSPS) is 15.3. The lowest BCUT2D eigenvalue weighted by molar-refractivity contribution is -0.143. The minimum atomic E-state index is -3.98. The minimum Gasteiger partial charge on any atom is -0.466 e. The van der Waals surface area contributed by atoms with E-state index in [2.05, 4.69) is 0 Å². The second kappa shape index (κ2) is 8.13. The zero-order chi connectivity index (χ0) is 21.3. The van der Waals surface area contributed by atoms with Gasteiger partial charge in [-0.1, -0.05) is 54.1 Å². The number of halogens is 1. The Morgan fingerprint density at radius 1 is 0.967 bits per heavy atom. The summed E-state index contributed by atoms with van der Waals surface area (Å²) in [5.74, 6) is -0.451. The van der Waals surface area contributed by atoms with Crippen molar-refractivity contribution in [1.29, 1.82) is 0 Å². The summed E-state index contributed by atoms with van der Waals surface area (Å²) in [4.78, 5) is 12.5. The van der Waals surface area contributed by atoms with Crippen molar-refractivity contribution in [2.24, 2.45) is 0 Å². The molecule has 4 rings (SSSR count). The molecule has 5 nitrogen and oxygen atoms in total. The van der Waals surface area contributed by atoms with Crippen LogP contribution in [0.1, 0.15) is 24.9 Å². The monoisotopic (exact) mass is 441 g/mol. The molecule has 0 radical (unpaired) electrons. The van der Waals surface area contributed by atoms with Crippen LogP contribution in [0.3, 0.4) is 0 Å². The van der Waals surface area contributed by atoms with Gasteiger partial charge in [0.05, 0.1) is 29.7 Å². The van der Waals surface area contributed by atoms with Gasteiger partial charge in [-0.2, -0.15) is 0 Å². The molecule has 1 unspecified atom stereocenters. The van der Waals surface area contributed by atoms with E-state index in [1.807, 2.05) is 36.4 Å². The highest BCUT2D eigenvalue weighted by Gasteiger charge is 2.40. The van der Waals surface area contributed by atoms with Gasteiger partial charge in [-0.05, 0) is 48.4 Å². The van der Waals surface area contributed by atoms with Crippen molar-refractivity contribution in [1.82, 2.24) is 0 Å². The molecule has 1 heterocycles. The van der Waals surface area contributed by atoms with Crippen molar-refractivity contribution in [3.05, 3.63) is 83.4 Å². The van der Waals surface area contributed by atoms with Crippen LogP contribution in [0.25, 0.3) is 11.1 Å². The maximum absolute atomic E-state index is 13.8. The molecule has 1 aliphatic heterocycles. The van der Waals surface area contributed by atoms with E-state index in [1.165, 1.54) is 16.4 Å². The van der Waals surface area contributed by atoms with Crippen LogP contribution in [0.5, 0.6) is 0 Å². The summed E-state index contributed by atoms with van der Waals surface area (Å²) in [7, 11) is -3.98. The van der Waals surface area contributed by atoms with Gasteiger partial charge in [-0.3, -0.25) is 9.10 Å². The first-order valence-corrected chi connectivity index (χ1v) is 11.4. The summed E-state index contributed by atoms with van der Waals surface area (Å²) < 4.78 is 34.0. The lowest BCUT2D eigenvalue weighted by Crippen LogP contribution is -2.39. The van der Waals surface area contributed by atoms with Crippen LogP contribution in [-0.4, -0.2) is 21.0 Å². The number of para-hydroxylation sites is 1. The Labute approximate surface area is 180 Å². The van der Waals surface area contributed by atoms with Crippen molar-refractivity contribution in [2.75, 3.05) is 10.9 Å². The maximum atomic E-state index is 13.8. The number of benzene rings is 3. The molecular formula is C23H20ClNO4S. The first-order valence-electron chi connectivity index (χ1n) is 9.57. The number of ether oxygens (including phenoxy) is 1. The Hall–Kier alpha value is -2.83. The predicted molar refractivity (Wildman–Crippen MR) is 117 cm³/mol. The van der Waals surface area contributed by atoms with Gasteiger partial charge in [0.15, 0.2) is 0 Å². The molecule has 7 heteroatoms. The fourth-order valence-corrected chi connectivity index (χ4v) is 5.58. The minimum absolute atomic E-state index is 0.0913. The SMILES string of the molecule is CCOC(=O)CC1c2ccccc2-c2ccccc2N1S(=O)(=O)c1ccc(Cl)cc1. The second-order valence-electron chi connectivity index (χ2n) is 6.88. The lowest BCUT2D eigenvalue weighted by atomic mass is 9.88. The van der Waals surface area contributed by atoms with E-state index in [4.69, 9.17) is 16.3 Å². The van der Waals surface area contributed by atoms with Crippen LogP contribution in [0.2, 0.25) is 5.02 Å². The third-order valence-electron chi connectivity index (χ3n) is 5.07. The number of sulfonamides is 1. The van der Waals surface area contributed by atoms with Crippen molar-refractivity contribution < 1.29 is 17.9 Å². The standard InChI is InChI=1S/C23H20ClNO4S/c1-2-29-23(26)15-22-20-9-4-3-7-18(20)19-8-5-6-10-21(19)25(22)30(27,28)17-13-11-16(24)12-14-17/h3-14,22H,2,15H2,1H3. The maximum Gasteiger partial charge on any atom is 0.308 e. The van der Waals surface area contributed by atoms with Gasteiger partial charge in [0.2, 0.25) is 0 Å². The smallest absolute Gasteiger partial charge is 0.308 e. The quantitative estimate of drug-likeness (QED) is 0.510. The van der Waals surface area contributed by atoms with Gasteiger partial charge in [0.1, 0.15) is 0 Å². The molecule has 3 aromatic carbocycles. The van der Waals surface area contributed by atoms with E-state index < -0.39 is 22.0 Å². The number of carbonyl (C=O) groups is 1. The Kier molecular flexibility index (Phi) is 5.54. The van der Waals surface area contributed by atoms with Gasteiger partial charge < -0.3 is 4.74 Å². The highest BCUT2D eigenvalue weighted by Crippen LogP contribution is 2.48.